The van der Waals surface area contributed by atoms with E-state index in [1.54, 1.807) is 4.90 Å². The number of aliphatic hydroxyl groups excluding tert-OH is 1. The Labute approximate surface area is 82.2 Å². The number of carbonyl (C=O) groups is 1. The highest BCUT2D eigenvalue weighted by molar-refractivity contribution is 5.94. The lowest BCUT2D eigenvalue weighted by Crippen LogP contribution is -2.27. The highest BCUT2D eigenvalue weighted by Gasteiger charge is 2.20. The third-order valence-electron chi connectivity index (χ3n) is 2.26. The topological polar surface area (TPSA) is 52.6 Å². The number of nitrogens with zero attached hydrogens (tertiary/aromatic N) is 1. The summed E-state index contributed by atoms with van der Waals surface area (Å²) in [6, 6.07) is 7.29. The van der Waals surface area contributed by atoms with Gasteiger partial charge in [0.05, 0.1) is 6.61 Å². The summed E-state index contributed by atoms with van der Waals surface area (Å²) in [5.74, 6) is 0. The number of nitrogens with one attached hydrogen (secondary N) is 1. The Morgan fingerprint density at radius 2 is 2.36 bits per heavy atom. The molecule has 0 aliphatic carbocycles. The third kappa shape index (κ3) is 1.56. The molecular formula is C10H12N2O2. The Bertz CT molecular complexity index is 352. The van der Waals surface area contributed by atoms with Crippen molar-refractivity contribution in [2.45, 2.75) is 6.61 Å². The van der Waals surface area contributed by atoms with Crippen LogP contribution in [0.2, 0.25) is 0 Å². The van der Waals surface area contributed by atoms with E-state index in [0.717, 1.165) is 11.3 Å². The molecule has 1 heterocycles. The van der Waals surface area contributed by atoms with Crippen molar-refractivity contribution in [2.75, 3.05) is 18.0 Å². The number of carbonyl (C=O) groups excluding carboxylic acids is 1. The highest BCUT2D eigenvalue weighted by Crippen LogP contribution is 2.17. The molecule has 2 amide bonds. The van der Waals surface area contributed by atoms with E-state index in [2.05, 4.69) is 5.32 Å². The van der Waals surface area contributed by atoms with Gasteiger partial charge in [-0.05, 0) is 17.7 Å². The molecule has 0 bridgehead atoms. The smallest absolute Gasteiger partial charge is 0.321 e. The van der Waals surface area contributed by atoms with Gasteiger partial charge in [0.1, 0.15) is 0 Å². The number of aliphatic hydroxyl groups is 1. The molecule has 0 spiro atoms. The fourth-order valence-corrected chi connectivity index (χ4v) is 1.54. The maximum Gasteiger partial charge on any atom is 0.321 e. The van der Waals surface area contributed by atoms with Gasteiger partial charge in [-0.15, -0.1) is 0 Å². The molecule has 0 aromatic heterocycles. The number of urea groups is 1. The third-order valence-corrected chi connectivity index (χ3v) is 2.26. The maximum atomic E-state index is 11.3. The standard InChI is InChI=1S/C10H12N2O2/c13-7-8-2-1-3-9(6-8)12-5-4-11-10(12)14/h1-3,6,13H,4-5,7H2,(H,11,14). The summed E-state index contributed by atoms with van der Waals surface area (Å²) >= 11 is 0. The first-order valence-electron chi connectivity index (χ1n) is 4.56. The minimum atomic E-state index is -0.0694. The first-order valence-corrected chi connectivity index (χ1v) is 4.56. The number of rotatable bonds is 2. The van der Waals surface area contributed by atoms with E-state index < -0.39 is 0 Å². The number of anilines is 1. The van der Waals surface area contributed by atoms with Crippen molar-refractivity contribution in [3.63, 3.8) is 0 Å². The summed E-state index contributed by atoms with van der Waals surface area (Å²) in [7, 11) is 0. The predicted octanol–water partition coefficient (Wildman–Crippen LogP) is 0.709. The summed E-state index contributed by atoms with van der Waals surface area (Å²) in [6.45, 7) is 1.37. The van der Waals surface area contributed by atoms with Gasteiger partial charge in [0.25, 0.3) is 0 Å². The van der Waals surface area contributed by atoms with Crippen LogP contribution in [0.5, 0.6) is 0 Å². The highest BCUT2D eigenvalue weighted by atomic mass is 16.3. The zero-order chi connectivity index (χ0) is 9.97. The molecule has 2 N–H and O–H groups in total. The van der Waals surface area contributed by atoms with Crippen molar-refractivity contribution < 1.29 is 9.90 Å². The Hall–Kier alpha value is -1.55. The van der Waals surface area contributed by atoms with Gasteiger partial charge in [-0.3, -0.25) is 4.90 Å². The van der Waals surface area contributed by atoms with Crippen LogP contribution >= 0.6 is 0 Å². The Balaban J connectivity index is 2.26. The number of hydrogen-bond donors (Lipinski definition) is 2. The summed E-state index contributed by atoms with van der Waals surface area (Å²) in [5.41, 5.74) is 1.66. The van der Waals surface area contributed by atoms with E-state index in [1.807, 2.05) is 24.3 Å². The molecule has 4 nitrogen and oxygen atoms in total. The molecule has 1 fully saturated rings. The maximum absolute atomic E-state index is 11.3. The minimum absolute atomic E-state index is 0.00327. The van der Waals surface area contributed by atoms with Gasteiger partial charge in [-0.2, -0.15) is 0 Å². The fraction of sp³-hybridized carbons (Fsp3) is 0.300. The first-order chi connectivity index (χ1) is 6.81. The van der Waals surface area contributed by atoms with Crippen LogP contribution in [0.1, 0.15) is 5.56 Å². The van der Waals surface area contributed by atoms with Crippen LogP contribution in [0.25, 0.3) is 0 Å². The van der Waals surface area contributed by atoms with Gasteiger partial charge in [0.2, 0.25) is 0 Å². The SMILES string of the molecule is O=C1NCCN1c1cccc(CO)c1. The van der Waals surface area contributed by atoms with E-state index in [0.29, 0.717) is 13.1 Å². The lowest BCUT2D eigenvalue weighted by molar-refractivity contribution is 0.252. The molecule has 0 radical (unpaired) electrons. The lowest BCUT2D eigenvalue weighted by Gasteiger charge is -2.14. The van der Waals surface area contributed by atoms with Crippen LogP contribution in [0.4, 0.5) is 10.5 Å². The van der Waals surface area contributed by atoms with Crippen molar-refractivity contribution in [3.8, 4) is 0 Å². The molecule has 1 aromatic rings. The van der Waals surface area contributed by atoms with Gasteiger partial charge >= 0.3 is 6.03 Å². The van der Waals surface area contributed by atoms with Crippen LogP contribution in [0, 0.1) is 0 Å². The molecule has 1 aliphatic heterocycles. The molecule has 74 valence electrons. The molecule has 0 atom stereocenters. The average molecular weight is 192 g/mol. The molecule has 4 heteroatoms. The Morgan fingerprint density at radius 3 is 3.00 bits per heavy atom. The molecule has 2 rings (SSSR count). The Morgan fingerprint density at radius 1 is 1.50 bits per heavy atom. The zero-order valence-electron chi connectivity index (χ0n) is 7.73. The average Bonchev–Trinajstić information content (AvgIpc) is 2.65. The van der Waals surface area contributed by atoms with Gasteiger partial charge in [-0.25, -0.2) is 4.79 Å². The van der Waals surface area contributed by atoms with Crippen LogP contribution in [-0.2, 0) is 6.61 Å². The molecule has 0 saturated carbocycles. The zero-order valence-corrected chi connectivity index (χ0v) is 7.73. The second-order valence-corrected chi connectivity index (χ2v) is 3.21. The summed E-state index contributed by atoms with van der Waals surface area (Å²) in [5, 5.41) is 11.7. The molecule has 1 aliphatic rings. The lowest BCUT2D eigenvalue weighted by atomic mass is 10.2. The monoisotopic (exact) mass is 192 g/mol. The first kappa shape index (κ1) is 9.02. The van der Waals surface area contributed by atoms with E-state index in [9.17, 15) is 4.79 Å². The second-order valence-electron chi connectivity index (χ2n) is 3.21. The molecule has 1 saturated heterocycles. The largest absolute Gasteiger partial charge is 0.392 e. The van der Waals surface area contributed by atoms with E-state index in [1.165, 1.54) is 0 Å². The van der Waals surface area contributed by atoms with Crippen molar-refractivity contribution in [3.05, 3.63) is 29.8 Å². The van der Waals surface area contributed by atoms with Crippen LogP contribution in [0.3, 0.4) is 0 Å². The van der Waals surface area contributed by atoms with E-state index >= 15 is 0 Å². The summed E-state index contributed by atoms with van der Waals surface area (Å²) in [6.07, 6.45) is 0. The predicted molar refractivity (Wildman–Crippen MR) is 53.1 cm³/mol. The number of hydrogen-bond acceptors (Lipinski definition) is 2. The molecule has 1 aromatic carbocycles. The van der Waals surface area contributed by atoms with Gasteiger partial charge in [0, 0.05) is 18.8 Å². The van der Waals surface area contributed by atoms with E-state index in [4.69, 9.17) is 5.11 Å². The number of benzene rings is 1. The van der Waals surface area contributed by atoms with Crippen molar-refractivity contribution in [2.24, 2.45) is 0 Å². The van der Waals surface area contributed by atoms with Gasteiger partial charge < -0.3 is 10.4 Å². The van der Waals surface area contributed by atoms with Crippen molar-refractivity contribution in [1.29, 1.82) is 0 Å². The van der Waals surface area contributed by atoms with Crippen LogP contribution < -0.4 is 10.2 Å². The van der Waals surface area contributed by atoms with Gasteiger partial charge in [-0.1, -0.05) is 12.1 Å². The molecule has 0 unspecified atom stereocenters. The van der Waals surface area contributed by atoms with E-state index in [-0.39, 0.29) is 12.6 Å². The summed E-state index contributed by atoms with van der Waals surface area (Å²) in [4.78, 5) is 13.0. The number of amides is 2. The minimum Gasteiger partial charge on any atom is -0.392 e. The van der Waals surface area contributed by atoms with Crippen LogP contribution in [0.15, 0.2) is 24.3 Å². The molecule has 14 heavy (non-hydrogen) atoms. The Kier molecular flexibility index (Phi) is 2.37. The normalized spacial score (nSPS) is 15.8. The van der Waals surface area contributed by atoms with Gasteiger partial charge in [0.15, 0.2) is 0 Å². The van der Waals surface area contributed by atoms with Crippen molar-refractivity contribution >= 4 is 11.7 Å². The quantitative estimate of drug-likeness (QED) is 0.725. The molecular weight excluding hydrogens is 180 g/mol. The van der Waals surface area contributed by atoms with Crippen LogP contribution in [-0.4, -0.2) is 24.2 Å². The van der Waals surface area contributed by atoms with Crippen molar-refractivity contribution in [1.82, 2.24) is 5.32 Å². The second kappa shape index (κ2) is 3.67. The summed E-state index contributed by atoms with van der Waals surface area (Å²) < 4.78 is 0. The fourth-order valence-electron chi connectivity index (χ4n) is 1.54.